The van der Waals surface area contributed by atoms with E-state index in [4.69, 9.17) is 5.26 Å². The van der Waals surface area contributed by atoms with Gasteiger partial charge in [0.2, 0.25) is 5.91 Å². The van der Waals surface area contributed by atoms with E-state index < -0.39 is 0 Å². The number of anilines is 1. The fraction of sp³-hybridized carbons (Fsp3) is 0.350. The van der Waals surface area contributed by atoms with Crippen LogP contribution in [0.15, 0.2) is 48.7 Å². The molecule has 2 aromatic rings. The Morgan fingerprint density at radius 2 is 1.81 bits per heavy atom. The molecule has 1 aliphatic heterocycles. The van der Waals surface area contributed by atoms with E-state index in [0.29, 0.717) is 18.7 Å². The Labute approximate surface area is 154 Å². The minimum atomic E-state index is -0.268. The third-order valence-corrected chi connectivity index (χ3v) is 4.66. The van der Waals surface area contributed by atoms with E-state index in [0.717, 1.165) is 24.5 Å². The molecule has 0 bridgehead atoms. The molecular weight excluding hydrogens is 326 g/mol. The van der Waals surface area contributed by atoms with Gasteiger partial charge in [-0.25, -0.2) is 4.98 Å². The van der Waals surface area contributed by atoms with Gasteiger partial charge in [-0.1, -0.05) is 30.3 Å². The molecule has 6 heteroatoms. The normalized spacial score (nSPS) is 15.6. The summed E-state index contributed by atoms with van der Waals surface area (Å²) in [6.07, 6.45) is 1.59. The summed E-state index contributed by atoms with van der Waals surface area (Å²) in [4.78, 5) is 23.5. The number of nitrogens with zero attached hydrogens (tertiary/aromatic N) is 5. The molecule has 1 atom stereocenters. The summed E-state index contributed by atoms with van der Waals surface area (Å²) in [5.41, 5.74) is 1.57. The molecule has 1 aliphatic rings. The Kier molecular flexibility index (Phi) is 5.49. The van der Waals surface area contributed by atoms with Crippen LogP contribution >= 0.6 is 0 Å². The number of carbonyl (C=O) groups excluding carboxylic acids is 1. The van der Waals surface area contributed by atoms with E-state index in [1.165, 1.54) is 0 Å². The summed E-state index contributed by atoms with van der Waals surface area (Å²) in [5, 5.41) is 8.87. The second-order valence-corrected chi connectivity index (χ2v) is 6.61. The van der Waals surface area contributed by atoms with Gasteiger partial charge in [-0.2, -0.15) is 5.26 Å². The average Bonchev–Trinajstić information content (AvgIpc) is 2.69. The lowest BCUT2D eigenvalue weighted by atomic mass is 10.0. The van der Waals surface area contributed by atoms with Gasteiger partial charge in [0.1, 0.15) is 17.9 Å². The van der Waals surface area contributed by atoms with E-state index in [2.05, 4.69) is 16.0 Å². The van der Waals surface area contributed by atoms with Crippen LogP contribution in [0.3, 0.4) is 0 Å². The van der Waals surface area contributed by atoms with Gasteiger partial charge >= 0.3 is 0 Å². The molecule has 26 heavy (non-hydrogen) atoms. The first kappa shape index (κ1) is 17.9. The largest absolute Gasteiger partial charge is 0.353 e. The first-order valence-electron chi connectivity index (χ1n) is 8.71. The first-order chi connectivity index (χ1) is 12.6. The molecular formula is C20H23N5O. The van der Waals surface area contributed by atoms with E-state index >= 15 is 0 Å². The smallest absolute Gasteiger partial charge is 0.244 e. The van der Waals surface area contributed by atoms with Gasteiger partial charge in [0, 0.05) is 32.4 Å². The molecule has 0 aliphatic carbocycles. The number of aromatic nitrogens is 1. The summed E-state index contributed by atoms with van der Waals surface area (Å²) >= 11 is 0. The van der Waals surface area contributed by atoms with Crippen LogP contribution in [0.1, 0.15) is 17.2 Å². The summed E-state index contributed by atoms with van der Waals surface area (Å²) in [7, 11) is 3.87. The summed E-state index contributed by atoms with van der Waals surface area (Å²) in [5.74, 6) is 0.983. The lowest BCUT2D eigenvalue weighted by Gasteiger charge is -2.38. The molecule has 2 heterocycles. The van der Waals surface area contributed by atoms with Crippen molar-refractivity contribution in [3.63, 3.8) is 0 Å². The van der Waals surface area contributed by atoms with Crippen LogP contribution in [-0.2, 0) is 4.79 Å². The van der Waals surface area contributed by atoms with Crippen molar-refractivity contribution in [3.05, 3.63) is 59.8 Å². The minimum absolute atomic E-state index is 0.133. The molecule has 1 unspecified atom stereocenters. The lowest BCUT2D eigenvalue weighted by Crippen LogP contribution is -2.51. The van der Waals surface area contributed by atoms with Crippen molar-refractivity contribution in [2.75, 3.05) is 45.2 Å². The minimum Gasteiger partial charge on any atom is -0.353 e. The second kappa shape index (κ2) is 7.98. The van der Waals surface area contributed by atoms with Gasteiger partial charge in [-0.15, -0.1) is 0 Å². The summed E-state index contributed by atoms with van der Waals surface area (Å²) in [6.45, 7) is 2.80. The molecule has 1 aromatic heterocycles. The Bertz CT molecular complexity index is 774. The zero-order chi connectivity index (χ0) is 18.5. The number of nitriles is 1. The predicted octanol–water partition coefficient (Wildman–Crippen LogP) is 1.90. The molecule has 0 saturated carbocycles. The molecule has 3 rings (SSSR count). The monoisotopic (exact) mass is 349 g/mol. The van der Waals surface area contributed by atoms with Crippen molar-refractivity contribution in [3.8, 4) is 6.07 Å². The van der Waals surface area contributed by atoms with E-state index in [-0.39, 0.29) is 11.9 Å². The van der Waals surface area contributed by atoms with Crippen LogP contribution in [0.2, 0.25) is 0 Å². The first-order valence-corrected chi connectivity index (χ1v) is 8.71. The highest BCUT2D eigenvalue weighted by Crippen LogP contribution is 2.22. The number of carbonyl (C=O) groups is 1. The topological polar surface area (TPSA) is 63.5 Å². The van der Waals surface area contributed by atoms with Gasteiger partial charge in [-0.05, 0) is 31.8 Å². The molecule has 1 saturated heterocycles. The van der Waals surface area contributed by atoms with Crippen LogP contribution in [0, 0.1) is 11.3 Å². The number of hydrogen-bond acceptors (Lipinski definition) is 5. The van der Waals surface area contributed by atoms with Gasteiger partial charge in [0.25, 0.3) is 0 Å². The highest BCUT2D eigenvalue weighted by Gasteiger charge is 2.30. The second-order valence-electron chi connectivity index (χ2n) is 6.61. The molecule has 0 N–H and O–H groups in total. The quantitative estimate of drug-likeness (QED) is 0.844. The standard InChI is InChI=1S/C20H23N5O/c1-23(2)19(17-6-4-3-5-7-17)20(26)25-12-10-24(11-13-25)18-9-8-16(14-21)15-22-18/h3-9,15,19H,10-13H2,1-2H3. The third kappa shape index (κ3) is 3.84. The van der Waals surface area contributed by atoms with Crippen molar-refractivity contribution in [1.82, 2.24) is 14.8 Å². The fourth-order valence-corrected chi connectivity index (χ4v) is 3.27. The van der Waals surface area contributed by atoms with Crippen LogP contribution in [0.4, 0.5) is 5.82 Å². The Morgan fingerprint density at radius 3 is 2.35 bits per heavy atom. The van der Waals surface area contributed by atoms with Gasteiger partial charge in [0.05, 0.1) is 5.56 Å². The predicted molar refractivity (Wildman–Crippen MR) is 101 cm³/mol. The molecule has 0 radical (unpaired) electrons. The fourth-order valence-electron chi connectivity index (χ4n) is 3.27. The van der Waals surface area contributed by atoms with Crippen molar-refractivity contribution >= 4 is 11.7 Å². The average molecular weight is 349 g/mol. The van der Waals surface area contributed by atoms with Crippen molar-refractivity contribution < 1.29 is 4.79 Å². The molecule has 1 amide bonds. The van der Waals surface area contributed by atoms with Gasteiger partial charge in [0.15, 0.2) is 0 Å². The number of piperazine rings is 1. The maximum Gasteiger partial charge on any atom is 0.244 e. The Balaban J connectivity index is 1.66. The highest BCUT2D eigenvalue weighted by molar-refractivity contribution is 5.83. The van der Waals surface area contributed by atoms with Crippen LogP contribution in [0.25, 0.3) is 0 Å². The number of likely N-dealkylation sites (N-methyl/N-ethyl adjacent to an activating group) is 1. The van der Waals surface area contributed by atoms with Gasteiger partial charge < -0.3 is 9.80 Å². The Morgan fingerprint density at radius 1 is 1.12 bits per heavy atom. The molecule has 0 spiro atoms. The van der Waals surface area contributed by atoms with Crippen LogP contribution in [-0.4, -0.2) is 61.0 Å². The van der Waals surface area contributed by atoms with E-state index in [9.17, 15) is 4.79 Å². The lowest BCUT2D eigenvalue weighted by molar-refractivity contribution is -0.136. The van der Waals surface area contributed by atoms with Crippen molar-refractivity contribution in [1.29, 1.82) is 5.26 Å². The third-order valence-electron chi connectivity index (χ3n) is 4.66. The maximum atomic E-state index is 13.1. The number of benzene rings is 1. The molecule has 6 nitrogen and oxygen atoms in total. The Hall–Kier alpha value is -2.91. The number of pyridine rings is 1. The molecule has 1 fully saturated rings. The van der Waals surface area contributed by atoms with Crippen LogP contribution in [0.5, 0.6) is 0 Å². The molecule has 134 valence electrons. The molecule has 1 aromatic carbocycles. The van der Waals surface area contributed by atoms with E-state index in [1.54, 1.807) is 12.3 Å². The number of hydrogen-bond donors (Lipinski definition) is 0. The van der Waals surface area contributed by atoms with Crippen molar-refractivity contribution in [2.45, 2.75) is 6.04 Å². The highest BCUT2D eigenvalue weighted by atomic mass is 16.2. The summed E-state index contributed by atoms with van der Waals surface area (Å²) in [6, 6.07) is 15.3. The number of rotatable bonds is 4. The van der Waals surface area contributed by atoms with E-state index in [1.807, 2.05) is 60.3 Å². The van der Waals surface area contributed by atoms with Crippen LogP contribution < -0.4 is 4.90 Å². The van der Waals surface area contributed by atoms with Crippen molar-refractivity contribution in [2.24, 2.45) is 0 Å². The zero-order valence-electron chi connectivity index (χ0n) is 15.2. The SMILES string of the molecule is CN(C)C(C(=O)N1CCN(c2ccc(C#N)cn2)CC1)c1ccccc1. The summed E-state index contributed by atoms with van der Waals surface area (Å²) < 4.78 is 0. The number of amides is 1. The zero-order valence-corrected chi connectivity index (χ0v) is 15.2. The maximum absolute atomic E-state index is 13.1. The van der Waals surface area contributed by atoms with Gasteiger partial charge in [-0.3, -0.25) is 9.69 Å².